The van der Waals surface area contributed by atoms with Crippen LogP contribution >= 0.6 is 0 Å². The Morgan fingerprint density at radius 2 is 2.21 bits per heavy atom. The van der Waals surface area contributed by atoms with Crippen molar-refractivity contribution in [3.8, 4) is 0 Å². The number of H-pyrrole nitrogens is 1. The van der Waals surface area contributed by atoms with E-state index >= 15 is 0 Å². The van der Waals surface area contributed by atoms with E-state index < -0.39 is 17.8 Å². The second-order valence-corrected chi connectivity index (χ2v) is 5.10. The molecule has 19 heavy (non-hydrogen) atoms. The first-order valence-corrected chi connectivity index (χ1v) is 6.60. The summed E-state index contributed by atoms with van der Waals surface area (Å²) in [5.41, 5.74) is 0.810. The molecule has 6 nitrogen and oxygen atoms in total. The molecule has 3 unspecified atom stereocenters. The molecule has 0 spiro atoms. The summed E-state index contributed by atoms with van der Waals surface area (Å²) in [5, 5.41) is 18.5. The lowest BCUT2D eigenvalue weighted by molar-refractivity contribution is -0.146. The number of rotatable bonds is 5. The number of aromatic nitrogens is 2. The van der Waals surface area contributed by atoms with Crippen molar-refractivity contribution in [2.45, 2.75) is 32.7 Å². The van der Waals surface area contributed by atoms with Gasteiger partial charge in [0.15, 0.2) is 0 Å². The van der Waals surface area contributed by atoms with Crippen molar-refractivity contribution in [1.82, 2.24) is 15.5 Å². The molecular weight excluding hydrogens is 246 g/mol. The Balaban J connectivity index is 1.94. The van der Waals surface area contributed by atoms with E-state index in [0.29, 0.717) is 25.3 Å². The Hall–Kier alpha value is -1.85. The van der Waals surface area contributed by atoms with Gasteiger partial charge < -0.3 is 10.4 Å². The molecule has 6 heteroatoms. The van der Waals surface area contributed by atoms with Crippen LogP contribution in [0.25, 0.3) is 0 Å². The third-order valence-corrected chi connectivity index (χ3v) is 3.90. The summed E-state index contributed by atoms with van der Waals surface area (Å²) in [5.74, 6) is -1.66. The van der Waals surface area contributed by atoms with Crippen LogP contribution in [-0.4, -0.2) is 27.2 Å². The molecule has 1 fully saturated rings. The van der Waals surface area contributed by atoms with Crippen LogP contribution in [0.1, 0.15) is 31.9 Å². The molecule has 1 saturated carbocycles. The highest BCUT2D eigenvalue weighted by atomic mass is 16.4. The van der Waals surface area contributed by atoms with Crippen molar-refractivity contribution in [3.63, 3.8) is 0 Å². The summed E-state index contributed by atoms with van der Waals surface area (Å²) in [4.78, 5) is 23.3. The predicted octanol–water partition coefficient (Wildman–Crippen LogP) is 1.16. The van der Waals surface area contributed by atoms with Crippen molar-refractivity contribution in [2.24, 2.45) is 17.8 Å². The standard InChI is InChI=1S/C13H19N3O3/c1-2-8-5-10(11(6-8)13(18)19)12(17)14-7-9-3-4-15-16-9/h3-4,8,10-11H,2,5-7H2,1H3,(H,14,17)(H,15,16)(H,18,19). The largest absolute Gasteiger partial charge is 0.481 e. The lowest BCUT2D eigenvalue weighted by Gasteiger charge is -2.15. The lowest BCUT2D eigenvalue weighted by atomic mass is 9.95. The summed E-state index contributed by atoms with van der Waals surface area (Å²) in [6, 6.07) is 1.78. The molecule has 2 rings (SSSR count). The summed E-state index contributed by atoms with van der Waals surface area (Å²) in [6.07, 6.45) is 3.81. The number of nitrogens with one attached hydrogen (secondary N) is 2. The molecule has 0 aliphatic heterocycles. The molecule has 1 aliphatic carbocycles. The third kappa shape index (κ3) is 3.13. The number of amides is 1. The van der Waals surface area contributed by atoms with Gasteiger partial charge in [-0.25, -0.2) is 0 Å². The van der Waals surface area contributed by atoms with Gasteiger partial charge in [-0.05, 0) is 24.8 Å². The highest BCUT2D eigenvalue weighted by molar-refractivity contribution is 5.85. The van der Waals surface area contributed by atoms with Gasteiger partial charge in [-0.2, -0.15) is 5.10 Å². The van der Waals surface area contributed by atoms with Crippen LogP contribution in [-0.2, 0) is 16.1 Å². The normalized spacial score (nSPS) is 26.3. The fraction of sp³-hybridized carbons (Fsp3) is 0.615. The van der Waals surface area contributed by atoms with Gasteiger partial charge in [0.25, 0.3) is 0 Å². The van der Waals surface area contributed by atoms with Gasteiger partial charge in [-0.3, -0.25) is 14.7 Å². The molecule has 0 bridgehead atoms. The molecule has 104 valence electrons. The highest BCUT2D eigenvalue weighted by Gasteiger charge is 2.41. The molecule has 0 saturated heterocycles. The number of hydrogen-bond donors (Lipinski definition) is 3. The number of carbonyl (C=O) groups is 2. The van der Waals surface area contributed by atoms with Crippen molar-refractivity contribution >= 4 is 11.9 Å². The maximum atomic E-state index is 12.1. The van der Waals surface area contributed by atoms with Gasteiger partial charge in [0.2, 0.25) is 5.91 Å². The zero-order chi connectivity index (χ0) is 13.8. The van der Waals surface area contributed by atoms with E-state index in [4.69, 9.17) is 0 Å². The summed E-state index contributed by atoms with van der Waals surface area (Å²) < 4.78 is 0. The van der Waals surface area contributed by atoms with Crippen LogP contribution in [0.2, 0.25) is 0 Å². The average molecular weight is 265 g/mol. The molecule has 3 atom stereocenters. The SMILES string of the molecule is CCC1CC(C(=O)O)C(C(=O)NCc2ccn[nH]2)C1. The van der Waals surface area contributed by atoms with E-state index in [9.17, 15) is 14.7 Å². The Kier molecular flexibility index (Phi) is 4.19. The second-order valence-electron chi connectivity index (χ2n) is 5.10. The molecule has 0 radical (unpaired) electrons. The molecule has 1 aromatic heterocycles. The van der Waals surface area contributed by atoms with Crippen molar-refractivity contribution in [3.05, 3.63) is 18.0 Å². The average Bonchev–Trinajstić information content (AvgIpc) is 3.04. The molecule has 3 N–H and O–H groups in total. The summed E-state index contributed by atoms with van der Waals surface area (Å²) in [7, 11) is 0. The predicted molar refractivity (Wildman–Crippen MR) is 68.1 cm³/mol. The molecule has 0 aromatic carbocycles. The number of carbonyl (C=O) groups excluding carboxylic acids is 1. The summed E-state index contributed by atoms with van der Waals surface area (Å²) in [6.45, 7) is 2.40. The first kappa shape index (κ1) is 13.6. The minimum absolute atomic E-state index is 0.169. The summed E-state index contributed by atoms with van der Waals surface area (Å²) >= 11 is 0. The Morgan fingerprint density at radius 1 is 1.47 bits per heavy atom. The number of nitrogens with zero attached hydrogens (tertiary/aromatic N) is 1. The van der Waals surface area contributed by atoms with Gasteiger partial charge >= 0.3 is 5.97 Å². The Morgan fingerprint density at radius 3 is 2.79 bits per heavy atom. The van der Waals surface area contributed by atoms with Crippen LogP contribution in [0.5, 0.6) is 0 Å². The monoisotopic (exact) mass is 265 g/mol. The molecule has 1 aromatic rings. The maximum absolute atomic E-state index is 12.1. The first-order chi connectivity index (χ1) is 9.11. The minimum atomic E-state index is -0.863. The lowest BCUT2D eigenvalue weighted by Crippen LogP contribution is -2.35. The van der Waals surface area contributed by atoms with Crippen molar-refractivity contribution in [2.75, 3.05) is 0 Å². The quantitative estimate of drug-likeness (QED) is 0.744. The smallest absolute Gasteiger partial charge is 0.307 e. The van der Waals surface area contributed by atoms with Crippen LogP contribution in [0.3, 0.4) is 0 Å². The molecular formula is C13H19N3O3. The van der Waals surface area contributed by atoms with Crippen LogP contribution in [0.4, 0.5) is 0 Å². The fourth-order valence-electron chi connectivity index (χ4n) is 2.74. The fourth-order valence-corrected chi connectivity index (χ4v) is 2.74. The van der Waals surface area contributed by atoms with E-state index in [1.165, 1.54) is 0 Å². The first-order valence-electron chi connectivity index (χ1n) is 6.60. The van der Waals surface area contributed by atoms with Crippen LogP contribution in [0, 0.1) is 17.8 Å². The highest BCUT2D eigenvalue weighted by Crippen LogP contribution is 2.38. The van der Waals surface area contributed by atoms with Gasteiger partial charge in [-0.1, -0.05) is 13.3 Å². The van der Waals surface area contributed by atoms with E-state index in [2.05, 4.69) is 15.5 Å². The van der Waals surface area contributed by atoms with E-state index in [1.54, 1.807) is 12.3 Å². The number of aromatic amines is 1. The molecule has 1 aliphatic rings. The number of carboxylic acid groups (broad SMARTS) is 1. The Bertz CT molecular complexity index is 444. The zero-order valence-electron chi connectivity index (χ0n) is 10.9. The van der Waals surface area contributed by atoms with Gasteiger partial charge in [-0.15, -0.1) is 0 Å². The van der Waals surface area contributed by atoms with E-state index in [1.807, 2.05) is 6.92 Å². The number of hydrogen-bond acceptors (Lipinski definition) is 3. The topological polar surface area (TPSA) is 95.1 Å². The van der Waals surface area contributed by atoms with Crippen LogP contribution in [0.15, 0.2) is 12.3 Å². The van der Waals surface area contributed by atoms with Crippen LogP contribution < -0.4 is 5.32 Å². The Labute approximate surface area is 111 Å². The maximum Gasteiger partial charge on any atom is 0.307 e. The minimum Gasteiger partial charge on any atom is -0.481 e. The van der Waals surface area contributed by atoms with Gasteiger partial charge in [0, 0.05) is 6.20 Å². The molecule has 1 amide bonds. The van der Waals surface area contributed by atoms with Crippen molar-refractivity contribution < 1.29 is 14.7 Å². The van der Waals surface area contributed by atoms with Crippen molar-refractivity contribution in [1.29, 1.82) is 0 Å². The number of carboxylic acids is 1. The number of aliphatic carboxylic acids is 1. The van der Waals surface area contributed by atoms with Gasteiger partial charge in [0.1, 0.15) is 0 Å². The third-order valence-electron chi connectivity index (χ3n) is 3.90. The van der Waals surface area contributed by atoms with E-state index in [-0.39, 0.29) is 5.91 Å². The zero-order valence-corrected chi connectivity index (χ0v) is 10.9. The van der Waals surface area contributed by atoms with Gasteiger partial charge in [0.05, 0.1) is 24.1 Å². The molecule has 1 heterocycles. The second kappa shape index (κ2) is 5.86. The van der Waals surface area contributed by atoms with E-state index in [0.717, 1.165) is 12.1 Å².